The van der Waals surface area contributed by atoms with E-state index in [4.69, 9.17) is 4.74 Å². The van der Waals surface area contributed by atoms with Crippen LogP contribution in [-0.2, 0) is 17.5 Å². The van der Waals surface area contributed by atoms with E-state index >= 15 is 0 Å². The predicted octanol–water partition coefficient (Wildman–Crippen LogP) is 4.30. The average Bonchev–Trinajstić information content (AvgIpc) is 3.00. The van der Waals surface area contributed by atoms with Crippen molar-refractivity contribution >= 4 is 27.6 Å². The van der Waals surface area contributed by atoms with Crippen LogP contribution in [0.1, 0.15) is 19.4 Å². The molecule has 1 unspecified atom stereocenters. The number of fused-ring (bicyclic) bond motifs is 1. The largest absolute Gasteiger partial charge is 0.497 e. The van der Waals surface area contributed by atoms with Gasteiger partial charge >= 0.3 is 0 Å². The summed E-state index contributed by atoms with van der Waals surface area (Å²) in [6.45, 7) is 4.66. The Morgan fingerprint density at radius 3 is 2.69 bits per heavy atom. The maximum absolute atomic E-state index is 11.8. The molecular formula is C20H21N3O2S. The quantitative estimate of drug-likeness (QED) is 0.706. The number of hydrogen-bond donors (Lipinski definition) is 1. The zero-order valence-corrected chi connectivity index (χ0v) is 15.9. The first kappa shape index (κ1) is 18.0. The lowest BCUT2D eigenvalue weighted by atomic mass is 10.1. The summed E-state index contributed by atoms with van der Waals surface area (Å²) in [5.41, 5.74) is 4.17. The summed E-state index contributed by atoms with van der Waals surface area (Å²) in [6, 6.07) is 15.8. The van der Waals surface area contributed by atoms with E-state index in [1.807, 2.05) is 49.4 Å². The molecule has 5 nitrogen and oxygen atoms in total. The number of methoxy groups -OCH3 is 1. The van der Waals surface area contributed by atoms with Gasteiger partial charge in [0.05, 0.1) is 23.9 Å². The van der Waals surface area contributed by atoms with Crippen molar-refractivity contribution in [2.45, 2.75) is 20.4 Å². The fourth-order valence-electron chi connectivity index (χ4n) is 3.14. The second-order valence-corrected chi connectivity index (χ2v) is 7.25. The Morgan fingerprint density at radius 1 is 1.23 bits per heavy atom. The zero-order chi connectivity index (χ0) is 18.7. The highest BCUT2D eigenvalue weighted by Gasteiger charge is 2.18. The van der Waals surface area contributed by atoms with Crippen LogP contribution in [0.4, 0.5) is 5.69 Å². The zero-order valence-electron chi connectivity index (χ0n) is 15.1. The first-order valence-corrected chi connectivity index (χ1v) is 9.80. The first-order chi connectivity index (χ1) is 12.6. The van der Waals surface area contributed by atoms with E-state index in [0.717, 1.165) is 40.1 Å². The summed E-state index contributed by atoms with van der Waals surface area (Å²) in [4.78, 5) is 0. The molecule has 2 aromatic carbocycles. The Labute approximate surface area is 155 Å². The molecule has 3 rings (SSSR count). The molecule has 0 aliphatic heterocycles. The van der Waals surface area contributed by atoms with Crippen molar-refractivity contribution in [3.63, 3.8) is 0 Å². The van der Waals surface area contributed by atoms with Crippen molar-refractivity contribution in [1.29, 1.82) is 5.26 Å². The molecule has 1 aromatic heterocycles. The monoisotopic (exact) mass is 367 g/mol. The van der Waals surface area contributed by atoms with E-state index in [-0.39, 0.29) is 0 Å². The van der Waals surface area contributed by atoms with Crippen molar-refractivity contribution < 1.29 is 8.95 Å². The molecule has 6 heteroatoms. The van der Waals surface area contributed by atoms with Gasteiger partial charge in [-0.3, -0.25) is 0 Å². The highest BCUT2D eigenvalue weighted by molar-refractivity contribution is 7.86. The molecule has 0 radical (unpaired) electrons. The van der Waals surface area contributed by atoms with Crippen molar-refractivity contribution in [2.75, 3.05) is 17.6 Å². The molecule has 0 spiro atoms. The van der Waals surface area contributed by atoms with Crippen molar-refractivity contribution in [1.82, 2.24) is 4.57 Å². The molecule has 0 fully saturated rings. The number of nitriles is 1. The highest BCUT2D eigenvalue weighted by atomic mass is 32.2. The van der Waals surface area contributed by atoms with E-state index in [9.17, 15) is 9.47 Å². The number of aryl methyl sites for hydroxylation is 1. The van der Waals surface area contributed by atoms with Crippen LogP contribution in [0.2, 0.25) is 0 Å². The molecule has 0 saturated heterocycles. The molecule has 0 saturated carbocycles. The lowest BCUT2D eigenvalue weighted by Crippen LogP contribution is -2.06. The number of hydrogen-bond acceptors (Lipinski definition) is 3. The van der Waals surface area contributed by atoms with Crippen LogP contribution in [0.25, 0.3) is 22.2 Å². The number of benzene rings is 2. The van der Waals surface area contributed by atoms with E-state index < -0.39 is 11.0 Å². The number of rotatable bonds is 6. The third-order valence-electron chi connectivity index (χ3n) is 4.33. The van der Waals surface area contributed by atoms with Gasteiger partial charge < -0.3 is 14.0 Å². The van der Waals surface area contributed by atoms with Crippen molar-refractivity contribution in [3.05, 3.63) is 48.0 Å². The fourth-order valence-corrected chi connectivity index (χ4v) is 3.67. The minimum atomic E-state index is -1.11. The number of aromatic nitrogens is 1. The molecule has 134 valence electrons. The Bertz CT molecular complexity index is 1020. The number of anilines is 1. The number of ether oxygens (including phenoxy) is 1. The van der Waals surface area contributed by atoms with Crippen molar-refractivity contribution in [3.8, 4) is 23.1 Å². The van der Waals surface area contributed by atoms with Gasteiger partial charge in [-0.1, -0.05) is 19.1 Å². The summed E-state index contributed by atoms with van der Waals surface area (Å²) < 4.78 is 22.3. The van der Waals surface area contributed by atoms with Gasteiger partial charge in [-0.2, -0.15) is 5.26 Å². The van der Waals surface area contributed by atoms with Gasteiger partial charge in [0, 0.05) is 28.9 Å². The second-order valence-electron chi connectivity index (χ2n) is 5.78. The minimum Gasteiger partial charge on any atom is -0.497 e. The van der Waals surface area contributed by atoms with Crippen LogP contribution in [0.15, 0.2) is 42.5 Å². The van der Waals surface area contributed by atoms with Crippen molar-refractivity contribution in [2.24, 2.45) is 0 Å². The maximum atomic E-state index is 11.8. The third-order valence-corrected chi connectivity index (χ3v) is 5.32. The van der Waals surface area contributed by atoms with Crippen LogP contribution in [-0.4, -0.2) is 21.6 Å². The highest BCUT2D eigenvalue weighted by Crippen LogP contribution is 2.36. The molecule has 0 aliphatic carbocycles. The topological polar surface area (TPSA) is 67.0 Å². The Kier molecular flexibility index (Phi) is 5.29. The third kappa shape index (κ3) is 3.18. The summed E-state index contributed by atoms with van der Waals surface area (Å²) >= 11 is 0. The molecule has 3 aromatic rings. The lowest BCUT2D eigenvalue weighted by molar-refractivity contribution is 0.415. The summed E-state index contributed by atoms with van der Waals surface area (Å²) in [6.07, 6.45) is 0. The Balaban J connectivity index is 2.23. The van der Waals surface area contributed by atoms with Gasteiger partial charge in [0.25, 0.3) is 0 Å². The molecule has 0 bridgehead atoms. The maximum Gasteiger partial charge on any atom is 0.119 e. The van der Waals surface area contributed by atoms with Gasteiger partial charge in [-0.05, 0) is 37.3 Å². The smallest absolute Gasteiger partial charge is 0.119 e. The van der Waals surface area contributed by atoms with Crippen LogP contribution in [0, 0.1) is 11.3 Å². The molecule has 26 heavy (non-hydrogen) atoms. The number of nitrogens with one attached hydrogen (secondary N) is 1. The molecule has 1 atom stereocenters. The van der Waals surface area contributed by atoms with Gasteiger partial charge in [0.15, 0.2) is 0 Å². The van der Waals surface area contributed by atoms with Gasteiger partial charge in [0.1, 0.15) is 22.8 Å². The molecular weight excluding hydrogens is 346 g/mol. The summed E-state index contributed by atoms with van der Waals surface area (Å²) in [5, 5.41) is 10.7. The van der Waals surface area contributed by atoms with E-state index in [1.165, 1.54) is 0 Å². The fraction of sp³-hybridized carbons (Fsp3) is 0.250. The standard InChI is InChI=1S/C20H21N3O2S/c1-4-23-19-10-9-16(25-3)12-17(19)18(13-21)20(23)14-7-6-8-15(11-14)22-26(24)5-2/h6-12,22H,4-5H2,1-3H3. The van der Waals surface area contributed by atoms with E-state index in [2.05, 4.69) is 22.3 Å². The van der Waals surface area contributed by atoms with Crippen LogP contribution in [0.5, 0.6) is 5.75 Å². The van der Waals surface area contributed by atoms with E-state index in [0.29, 0.717) is 11.3 Å². The molecule has 0 amide bonds. The summed E-state index contributed by atoms with van der Waals surface area (Å²) in [7, 11) is 0.505. The first-order valence-electron chi connectivity index (χ1n) is 8.48. The van der Waals surface area contributed by atoms with Crippen LogP contribution in [0.3, 0.4) is 0 Å². The molecule has 1 N–H and O–H groups in total. The Morgan fingerprint density at radius 2 is 2.04 bits per heavy atom. The average molecular weight is 367 g/mol. The molecule has 0 aliphatic rings. The minimum absolute atomic E-state index is 0.530. The Hall–Kier alpha value is -2.78. The van der Waals surface area contributed by atoms with Gasteiger partial charge in [-0.25, -0.2) is 4.21 Å². The summed E-state index contributed by atoms with van der Waals surface area (Å²) in [5.74, 6) is 1.26. The predicted molar refractivity (Wildman–Crippen MR) is 107 cm³/mol. The van der Waals surface area contributed by atoms with E-state index in [1.54, 1.807) is 7.11 Å². The van der Waals surface area contributed by atoms with Gasteiger partial charge in [0.2, 0.25) is 0 Å². The second kappa shape index (κ2) is 7.63. The van der Waals surface area contributed by atoms with Crippen LogP contribution < -0.4 is 9.46 Å². The van der Waals surface area contributed by atoms with Gasteiger partial charge in [-0.15, -0.1) is 0 Å². The van der Waals surface area contributed by atoms with Crippen LogP contribution >= 0.6 is 0 Å². The molecule has 1 heterocycles. The normalized spacial score (nSPS) is 11.9. The SMILES string of the molecule is CCn1c(-c2cccc(NS(=O)CC)c2)c(C#N)c2cc(OC)ccc21. The number of nitrogens with zero attached hydrogens (tertiary/aromatic N) is 2. The lowest BCUT2D eigenvalue weighted by Gasteiger charge is -2.11.